The van der Waals surface area contributed by atoms with Crippen molar-refractivity contribution in [2.45, 2.75) is 19.4 Å². The largest absolute Gasteiger partial charge is 0.314 e. The maximum Gasteiger partial charge on any atom is 0.0542 e. The summed E-state index contributed by atoms with van der Waals surface area (Å²) in [6, 6.07) is 5.05. The molecule has 0 aliphatic carbocycles. The highest BCUT2D eigenvalue weighted by Gasteiger charge is 2.15. The quantitative estimate of drug-likeness (QED) is 0.815. The zero-order valence-electron chi connectivity index (χ0n) is 8.38. The molecule has 80 valence electrons. The van der Waals surface area contributed by atoms with Gasteiger partial charge in [-0.15, -0.1) is 23.7 Å². The maximum absolute atomic E-state index is 3.52. The molecule has 1 atom stereocenters. The SMILES string of the molecule is CCc1ccc([C@@H]2CNCCN2)s1.Cl. The van der Waals surface area contributed by atoms with Crippen molar-refractivity contribution in [3.63, 3.8) is 0 Å². The second-order valence-corrected chi connectivity index (χ2v) is 4.57. The van der Waals surface area contributed by atoms with Crippen molar-refractivity contribution < 1.29 is 0 Å². The summed E-state index contributed by atoms with van der Waals surface area (Å²) in [6.45, 7) is 5.47. The fraction of sp³-hybridized carbons (Fsp3) is 0.600. The van der Waals surface area contributed by atoms with E-state index in [1.165, 1.54) is 9.75 Å². The lowest BCUT2D eigenvalue weighted by molar-refractivity contribution is 0.435. The van der Waals surface area contributed by atoms with Crippen LogP contribution in [0.15, 0.2) is 12.1 Å². The summed E-state index contributed by atoms with van der Waals surface area (Å²) in [5.74, 6) is 0. The number of halogens is 1. The molecule has 0 bridgehead atoms. The molecule has 1 aromatic rings. The molecule has 1 saturated heterocycles. The van der Waals surface area contributed by atoms with Crippen LogP contribution >= 0.6 is 23.7 Å². The third kappa shape index (κ3) is 2.70. The molecular formula is C10H17ClN2S. The van der Waals surface area contributed by atoms with Gasteiger partial charge in [-0.05, 0) is 18.6 Å². The van der Waals surface area contributed by atoms with Crippen LogP contribution < -0.4 is 10.6 Å². The minimum Gasteiger partial charge on any atom is -0.314 e. The van der Waals surface area contributed by atoms with E-state index in [0.29, 0.717) is 6.04 Å². The molecule has 0 aromatic carbocycles. The normalized spacial score (nSPS) is 21.6. The Morgan fingerprint density at radius 3 is 2.86 bits per heavy atom. The molecule has 2 nitrogen and oxygen atoms in total. The molecule has 2 N–H and O–H groups in total. The van der Waals surface area contributed by atoms with E-state index in [9.17, 15) is 0 Å². The van der Waals surface area contributed by atoms with E-state index in [0.717, 1.165) is 26.1 Å². The van der Waals surface area contributed by atoms with Crippen LogP contribution in [0.3, 0.4) is 0 Å². The van der Waals surface area contributed by atoms with Gasteiger partial charge in [0, 0.05) is 29.4 Å². The van der Waals surface area contributed by atoms with Crippen LogP contribution in [-0.2, 0) is 6.42 Å². The molecule has 1 fully saturated rings. The predicted molar refractivity (Wildman–Crippen MR) is 64.6 cm³/mol. The molecule has 1 aromatic heterocycles. The molecular weight excluding hydrogens is 216 g/mol. The van der Waals surface area contributed by atoms with E-state index < -0.39 is 0 Å². The highest BCUT2D eigenvalue weighted by molar-refractivity contribution is 7.12. The summed E-state index contributed by atoms with van der Waals surface area (Å²) in [5, 5.41) is 6.93. The third-order valence-corrected chi connectivity index (χ3v) is 3.76. The molecule has 2 rings (SSSR count). The predicted octanol–water partition coefficient (Wildman–Crippen LogP) is 1.97. The maximum atomic E-state index is 3.52. The Bertz CT molecular complexity index is 269. The number of thiophene rings is 1. The Hall–Kier alpha value is -0.0900. The van der Waals surface area contributed by atoms with Crippen molar-refractivity contribution >= 4 is 23.7 Å². The number of hydrogen-bond acceptors (Lipinski definition) is 3. The lowest BCUT2D eigenvalue weighted by atomic mass is 10.2. The first-order valence-electron chi connectivity index (χ1n) is 4.93. The molecule has 0 spiro atoms. The highest BCUT2D eigenvalue weighted by Crippen LogP contribution is 2.23. The highest BCUT2D eigenvalue weighted by atomic mass is 35.5. The second-order valence-electron chi connectivity index (χ2n) is 3.37. The number of nitrogens with one attached hydrogen (secondary N) is 2. The van der Waals surface area contributed by atoms with Crippen LogP contribution in [0.2, 0.25) is 0 Å². The van der Waals surface area contributed by atoms with Gasteiger partial charge in [-0.3, -0.25) is 0 Å². The molecule has 14 heavy (non-hydrogen) atoms. The van der Waals surface area contributed by atoms with Gasteiger partial charge in [0.15, 0.2) is 0 Å². The number of hydrogen-bond donors (Lipinski definition) is 2. The van der Waals surface area contributed by atoms with E-state index in [1.807, 2.05) is 11.3 Å². The van der Waals surface area contributed by atoms with Gasteiger partial charge < -0.3 is 10.6 Å². The summed E-state index contributed by atoms with van der Waals surface area (Å²) < 4.78 is 0. The lowest BCUT2D eigenvalue weighted by Gasteiger charge is -2.23. The minimum absolute atomic E-state index is 0. The summed E-state index contributed by atoms with van der Waals surface area (Å²) in [5.41, 5.74) is 0. The average Bonchev–Trinajstić information content (AvgIpc) is 2.67. The molecule has 0 amide bonds. The fourth-order valence-corrected chi connectivity index (χ4v) is 2.65. The minimum atomic E-state index is 0. The fourth-order valence-electron chi connectivity index (χ4n) is 1.63. The van der Waals surface area contributed by atoms with Crippen LogP contribution in [0.1, 0.15) is 22.7 Å². The van der Waals surface area contributed by atoms with Gasteiger partial charge >= 0.3 is 0 Å². The second kappa shape index (κ2) is 5.71. The molecule has 4 heteroatoms. The molecule has 0 unspecified atom stereocenters. The summed E-state index contributed by atoms with van der Waals surface area (Å²) in [6.07, 6.45) is 1.16. The van der Waals surface area contributed by atoms with Crippen molar-refractivity contribution in [1.29, 1.82) is 0 Å². The standard InChI is InChI=1S/C10H16N2S.ClH/c1-2-8-3-4-10(13-8)9-7-11-5-6-12-9;/h3-4,9,11-12H,2,5-7H2,1H3;1H/t9-;/m0./s1. The smallest absolute Gasteiger partial charge is 0.0542 e. The van der Waals surface area contributed by atoms with Gasteiger partial charge in [-0.25, -0.2) is 0 Å². The van der Waals surface area contributed by atoms with Crippen LogP contribution in [-0.4, -0.2) is 19.6 Å². The molecule has 2 heterocycles. The first-order valence-corrected chi connectivity index (χ1v) is 5.74. The van der Waals surface area contributed by atoms with Gasteiger partial charge in [-0.2, -0.15) is 0 Å². The Morgan fingerprint density at radius 1 is 1.43 bits per heavy atom. The van der Waals surface area contributed by atoms with Crippen molar-refractivity contribution in [1.82, 2.24) is 10.6 Å². The lowest BCUT2D eigenvalue weighted by Crippen LogP contribution is -2.42. The van der Waals surface area contributed by atoms with E-state index in [1.54, 1.807) is 0 Å². The monoisotopic (exact) mass is 232 g/mol. The number of piperazine rings is 1. The van der Waals surface area contributed by atoms with Gasteiger partial charge in [0.1, 0.15) is 0 Å². The van der Waals surface area contributed by atoms with Crippen molar-refractivity contribution in [2.24, 2.45) is 0 Å². The first kappa shape index (κ1) is 12.0. The van der Waals surface area contributed by atoms with Gasteiger partial charge in [0.2, 0.25) is 0 Å². The van der Waals surface area contributed by atoms with Crippen LogP contribution in [0, 0.1) is 0 Å². The first-order chi connectivity index (χ1) is 6.40. The summed E-state index contributed by atoms with van der Waals surface area (Å²) in [7, 11) is 0. The number of rotatable bonds is 2. The molecule has 0 radical (unpaired) electrons. The Labute approximate surface area is 95.5 Å². The Kier molecular flexibility index (Phi) is 4.89. The Balaban J connectivity index is 0.000000980. The van der Waals surface area contributed by atoms with Crippen LogP contribution in [0.5, 0.6) is 0 Å². The summed E-state index contributed by atoms with van der Waals surface area (Å²) in [4.78, 5) is 2.96. The molecule has 1 aliphatic heterocycles. The van der Waals surface area contributed by atoms with E-state index in [-0.39, 0.29) is 12.4 Å². The van der Waals surface area contributed by atoms with E-state index >= 15 is 0 Å². The Morgan fingerprint density at radius 2 is 2.29 bits per heavy atom. The molecule has 1 aliphatic rings. The van der Waals surface area contributed by atoms with E-state index in [2.05, 4.69) is 29.7 Å². The van der Waals surface area contributed by atoms with Crippen molar-refractivity contribution in [3.05, 3.63) is 21.9 Å². The zero-order valence-corrected chi connectivity index (χ0v) is 10.0. The van der Waals surface area contributed by atoms with E-state index in [4.69, 9.17) is 0 Å². The van der Waals surface area contributed by atoms with Crippen molar-refractivity contribution in [3.8, 4) is 0 Å². The average molecular weight is 233 g/mol. The third-order valence-electron chi connectivity index (χ3n) is 2.42. The van der Waals surface area contributed by atoms with Crippen LogP contribution in [0.25, 0.3) is 0 Å². The van der Waals surface area contributed by atoms with Gasteiger partial charge in [0.05, 0.1) is 6.04 Å². The topological polar surface area (TPSA) is 24.1 Å². The summed E-state index contributed by atoms with van der Waals surface area (Å²) >= 11 is 1.94. The van der Waals surface area contributed by atoms with Crippen molar-refractivity contribution in [2.75, 3.05) is 19.6 Å². The number of aryl methyl sites for hydroxylation is 1. The van der Waals surface area contributed by atoms with Crippen LogP contribution in [0.4, 0.5) is 0 Å². The molecule has 0 saturated carbocycles. The van der Waals surface area contributed by atoms with Gasteiger partial charge in [-0.1, -0.05) is 6.92 Å². The zero-order chi connectivity index (χ0) is 9.10. The van der Waals surface area contributed by atoms with Gasteiger partial charge in [0.25, 0.3) is 0 Å².